The maximum atomic E-state index is 11.9. The standard InChI is InChI=1S/C14H25N3O/c1-12-5-7-13(8-6-12)17(3)11-14(18)16(2)10-4-9-15/h12-13H,4-8,10-11H2,1-3H3. The number of likely N-dealkylation sites (N-methyl/N-ethyl adjacent to an activating group) is 2. The Morgan fingerprint density at radius 2 is 1.89 bits per heavy atom. The SMILES string of the molecule is CC1CCC(N(C)CC(=O)N(C)CCC#N)CC1. The fraction of sp³-hybridized carbons (Fsp3) is 0.857. The van der Waals surface area contributed by atoms with Gasteiger partial charge < -0.3 is 4.90 Å². The molecule has 102 valence electrons. The normalized spacial score (nSPS) is 23.7. The van der Waals surface area contributed by atoms with Gasteiger partial charge in [-0.25, -0.2) is 0 Å². The molecule has 0 aromatic rings. The molecule has 0 aliphatic heterocycles. The summed E-state index contributed by atoms with van der Waals surface area (Å²) in [7, 11) is 3.81. The molecule has 0 spiro atoms. The van der Waals surface area contributed by atoms with Gasteiger partial charge in [-0.15, -0.1) is 0 Å². The number of nitriles is 1. The van der Waals surface area contributed by atoms with E-state index in [1.54, 1.807) is 11.9 Å². The molecule has 0 atom stereocenters. The molecule has 1 aliphatic rings. The minimum Gasteiger partial charge on any atom is -0.344 e. The van der Waals surface area contributed by atoms with Crippen molar-refractivity contribution < 1.29 is 4.79 Å². The number of hydrogen-bond donors (Lipinski definition) is 0. The number of nitrogens with zero attached hydrogens (tertiary/aromatic N) is 3. The molecule has 4 nitrogen and oxygen atoms in total. The third-order valence-electron chi connectivity index (χ3n) is 3.98. The summed E-state index contributed by atoms with van der Waals surface area (Å²) in [5.41, 5.74) is 0. The van der Waals surface area contributed by atoms with Crippen molar-refractivity contribution >= 4 is 5.91 Å². The number of carbonyl (C=O) groups is 1. The van der Waals surface area contributed by atoms with E-state index >= 15 is 0 Å². The van der Waals surface area contributed by atoms with Crippen LogP contribution in [0.5, 0.6) is 0 Å². The maximum Gasteiger partial charge on any atom is 0.236 e. The molecule has 1 amide bonds. The van der Waals surface area contributed by atoms with Gasteiger partial charge in [0, 0.05) is 19.6 Å². The van der Waals surface area contributed by atoms with Crippen molar-refractivity contribution in [2.45, 2.75) is 45.1 Å². The molecule has 0 radical (unpaired) electrons. The van der Waals surface area contributed by atoms with Crippen LogP contribution >= 0.6 is 0 Å². The van der Waals surface area contributed by atoms with E-state index in [-0.39, 0.29) is 5.91 Å². The van der Waals surface area contributed by atoms with Gasteiger partial charge in [0.05, 0.1) is 19.0 Å². The minimum atomic E-state index is 0.117. The zero-order chi connectivity index (χ0) is 13.5. The third kappa shape index (κ3) is 4.66. The summed E-state index contributed by atoms with van der Waals surface area (Å²) in [6, 6.07) is 2.62. The Kier molecular flexibility index (Phi) is 6.14. The second kappa shape index (κ2) is 7.38. The molecule has 1 rings (SSSR count). The van der Waals surface area contributed by atoms with Crippen LogP contribution in [0.2, 0.25) is 0 Å². The second-order valence-corrected chi connectivity index (χ2v) is 5.55. The van der Waals surface area contributed by atoms with Gasteiger partial charge in [-0.05, 0) is 38.6 Å². The van der Waals surface area contributed by atoms with Crippen LogP contribution in [0.25, 0.3) is 0 Å². The van der Waals surface area contributed by atoms with Gasteiger partial charge in [0.15, 0.2) is 0 Å². The van der Waals surface area contributed by atoms with E-state index in [1.807, 2.05) is 7.05 Å². The fourth-order valence-electron chi connectivity index (χ4n) is 2.49. The van der Waals surface area contributed by atoms with Crippen LogP contribution in [0.1, 0.15) is 39.0 Å². The molecule has 1 fully saturated rings. The Labute approximate surface area is 111 Å². The summed E-state index contributed by atoms with van der Waals surface area (Å²) < 4.78 is 0. The van der Waals surface area contributed by atoms with E-state index in [4.69, 9.17) is 5.26 Å². The molecular formula is C14H25N3O. The summed E-state index contributed by atoms with van der Waals surface area (Å²) >= 11 is 0. The molecule has 0 bridgehead atoms. The summed E-state index contributed by atoms with van der Waals surface area (Å²) in [6.45, 7) is 3.31. The summed E-state index contributed by atoms with van der Waals surface area (Å²) in [4.78, 5) is 15.8. The van der Waals surface area contributed by atoms with Crippen molar-refractivity contribution in [2.24, 2.45) is 5.92 Å². The Morgan fingerprint density at radius 1 is 1.28 bits per heavy atom. The highest BCUT2D eigenvalue weighted by Gasteiger charge is 2.23. The van der Waals surface area contributed by atoms with Crippen molar-refractivity contribution in [1.82, 2.24) is 9.80 Å². The van der Waals surface area contributed by atoms with Crippen LogP contribution in [0, 0.1) is 17.2 Å². The molecular weight excluding hydrogens is 226 g/mol. The van der Waals surface area contributed by atoms with Gasteiger partial charge in [0.1, 0.15) is 0 Å². The largest absolute Gasteiger partial charge is 0.344 e. The van der Waals surface area contributed by atoms with Crippen molar-refractivity contribution in [2.75, 3.05) is 27.2 Å². The first kappa shape index (κ1) is 15.0. The van der Waals surface area contributed by atoms with Crippen LogP contribution in [-0.2, 0) is 4.79 Å². The topological polar surface area (TPSA) is 47.3 Å². The highest BCUT2D eigenvalue weighted by Crippen LogP contribution is 2.26. The maximum absolute atomic E-state index is 11.9. The van der Waals surface area contributed by atoms with Crippen molar-refractivity contribution in [3.63, 3.8) is 0 Å². The number of rotatable bonds is 5. The monoisotopic (exact) mass is 251 g/mol. The summed E-state index contributed by atoms with van der Waals surface area (Å²) in [5.74, 6) is 0.954. The average Bonchev–Trinajstić information content (AvgIpc) is 2.36. The molecule has 18 heavy (non-hydrogen) atoms. The van der Waals surface area contributed by atoms with Crippen LogP contribution in [-0.4, -0.2) is 48.9 Å². The van der Waals surface area contributed by atoms with Crippen LogP contribution in [0.15, 0.2) is 0 Å². The lowest BCUT2D eigenvalue weighted by molar-refractivity contribution is -0.131. The number of amides is 1. The third-order valence-corrected chi connectivity index (χ3v) is 3.98. The zero-order valence-corrected chi connectivity index (χ0v) is 11.9. The van der Waals surface area contributed by atoms with Gasteiger partial charge in [0.25, 0.3) is 0 Å². The van der Waals surface area contributed by atoms with Crippen LogP contribution in [0.4, 0.5) is 0 Å². The van der Waals surface area contributed by atoms with E-state index in [2.05, 4.69) is 17.9 Å². The molecule has 1 saturated carbocycles. The van der Waals surface area contributed by atoms with Crippen molar-refractivity contribution in [1.29, 1.82) is 5.26 Å². The Balaban J connectivity index is 2.33. The molecule has 4 heteroatoms. The Morgan fingerprint density at radius 3 is 2.44 bits per heavy atom. The zero-order valence-electron chi connectivity index (χ0n) is 11.9. The van der Waals surface area contributed by atoms with E-state index in [1.165, 1.54) is 25.7 Å². The van der Waals surface area contributed by atoms with Gasteiger partial charge >= 0.3 is 0 Å². The van der Waals surface area contributed by atoms with Crippen LogP contribution < -0.4 is 0 Å². The van der Waals surface area contributed by atoms with Gasteiger partial charge in [-0.3, -0.25) is 9.69 Å². The summed E-state index contributed by atoms with van der Waals surface area (Å²) in [6.07, 6.45) is 5.35. The average molecular weight is 251 g/mol. The second-order valence-electron chi connectivity index (χ2n) is 5.55. The van der Waals surface area contributed by atoms with Gasteiger partial charge in [-0.1, -0.05) is 6.92 Å². The quantitative estimate of drug-likeness (QED) is 0.749. The van der Waals surface area contributed by atoms with E-state index in [0.717, 1.165) is 5.92 Å². The molecule has 0 N–H and O–H groups in total. The lowest BCUT2D eigenvalue weighted by atomic mass is 9.87. The predicted molar refractivity (Wildman–Crippen MR) is 71.9 cm³/mol. The molecule has 0 aromatic heterocycles. The van der Waals surface area contributed by atoms with E-state index in [9.17, 15) is 4.79 Å². The highest BCUT2D eigenvalue weighted by molar-refractivity contribution is 5.78. The molecule has 0 heterocycles. The van der Waals surface area contributed by atoms with Crippen molar-refractivity contribution in [3.8, 4) is 6.07 Å². The predicted octanol–water partition coefficient (Wildman–Crippen LogP) is 1.87. The van der Waals surface area contributed by atoms with Crippen LogP contribution in [0.3, 0.4) is 0 Å². The number of hydrogen-bond acceptors (Lipinski definition) is 3. The lowest BCUT2D eigenvalue weighted by Gasteiger charge is -2.33. The minimum absolute atomic E-state index is 0.117. The highest BCUT2D eigenvalue weighted by atomic mass is 16.2. The number of carbonyl (C=O) groups excluding carboxylic acids is 1. The lowest BCUT2D eigenvalue weighted by Crippen LogP contribution is -2.42. The van der Waals surface area contributed by atoms with Gasteiger partial charge in [0.2, 0.25) is 5.91 Å². The molecule has 0 aromatic carbocycles. The first-order chi connectivity index (χ1) is 8.54. The Bertz CT molecular complexity index is 303. The smallest absolute Gasteiger partial charge is 0.236 e. The van der Waals surface area contributed by atoms with Gasteiger partial charge in [-0.2, -0.15) is 5.26 Å². The molecule has 0 saturated heterocycles. The summed E-state index contributed by atoms with van der Waals surface area (Å²) in [5, 5.41) is 8.51. The van der Waals surface area contributed by atoms with E-state index in [0.29, 0.717) is 25.6 Å². The van der Waals surface area contributed by atoms with E-state index < -0.39 is 0 Å². The first-order valence-corrected chi connectivity index (χ1v) is 6.85. The Hall–Kier alpha value is -1.08. The molecule has 1 aliphatic carbocycles. The first-order valence-electron chi connectivity index (χ1n) is 6.85. The molecule has 0 unspecified atom stereocenters. The fourth-order valence-corrected chi connectivity index (χ4v) is 2.49. The van der Waals surface area contributed by atoms with Crippen molar-refractivity contribution in [3.05, 3.63) is 0 Å².